The maximum atomic E-state index is 13.5. The Kier molecular flexibility index (Phi) is 5.27. The Morgan fingerprint density at radius 2 is 2.19 bits per heavy atom. The summed E-state index contributed by atoms with van der Waals surface area (Å²) in [4.78, 5) is 22.9. The van der Waals surface area contributed by atoms with Gasteiger partial charge in [-0.1, -0.05) is 0 Å². The summed E-state index contributed by atoms with van der Waals surface area (Å²) in [6.45, 7) is 3.29. The quantitative estimate of drug-likeness (QED) is 0.778. The number of benzene rings is 1. The zero-order valence-corrected chi connectivity index (χ0v) is 12.0. The summed E-state index contributed by atoms with van der Waals surface area (Å²) in [6, 6.07) is 4.13. The van der Waals surface area contributed by atoms with Crippen LogP contribution >= 0.6 is 0 Å². The molecule has 3 N–H and O–H groups in total. The standard InChI is InChI=1S/C15H20FN3O2/c1-10(20)18-14-8-12(3-4-13(14)16)19-15(21)5-2-11-6-7-17-9-11/h3-4,8,11,17H,2,5-7,9H2,1H3,(H,18,20)(H,19,21). The third kappa shape index (κ3) is 4.82. The van der Waals surface area contributed by atoms with Crippen LogP contribution in [0.4, 0.5) is 15.8 Å². The number of nitrogens with one attached hydrogen (secondary N) is 3. The Bertz CT molecular complexity index is 528. The number of carbonyl (C=O) groups excluding carboxylic acids is 2. The van der Waals surface area contributed by atoms with E-state index in [4.69, 9.17) is 0 Å². The molecule has 21 heavy (non-hydrogen) atoms. The molecule has 0 spiro atoms. The molecule has 1 unspecified atom stereocenters. The molecule has 2 amide bonds. The van der Waals surface area contributed by atoms with Crippen LogP contribution in [0.2, 0.25) is 0 Å². The van der Waals surface area contributed by atoms with E-state index in [0.29, 0.717) is 18.0 Å². The molecule has 0 radical (unpaired) electrons. The topological polar surface area (TPSA) is 70.2 Å². The molecule has 0 bridgehead atoms. The summed E-state index contributed by atoms with van der Waals surface area (Å²) in [5.41, 5.74) is 0.551. The highest BCUT2D eigenvalue weighted by atomic mass is 19.1. The molecule has 1 aliphatic rings. The Morgan fingerprint density at radius 1 is 1.38 bits per heavy atom. The fourth-order valence-corrected chi connectivity index (χ4v) is 2.41. The van der Waals surface area contributed by atoms with E-state index in [1.165, 1.54) is 25.1 Å². The average Bonchev–Trinajstić information content (AvgIpc) is 2.93. The minimum Gasteiger partial charge on any atom is -0.326 e. The number of rotatable bonds is 5. The van der Waals surface area contributed by atoms with Crippen molar-refractivity contribution in [1.82, 2.24) is 5.32 Å². The summed E-state index contributed by atoms with van der Waals surface area (Å²) < 4.78 is 13.5. The molecule has 1 fully saturated rings. The van der Waals surface area contributed by atoms with E-state index in [1.807, 2.05) is 0 Å². The van der Waals surface area contributed by atoms with Crippen LogP contribution in [0.25, 0.3) is 0 Å². The zero-order valence-electron chi connectivity index (χ0n) is 12.0. The molecule has 0 aliphatic carbocycles. The number of amides is 2. The van der Waals surface area contributed by atoms with Crippen LogP contribution in [0, 0.1) is 11.7 Å². The third-order valence-corrected chi connectivity index (χ3v) is 3.50. The zero-order chi connectivity index (χ0) is 15.2. The van der Waals surface area contributed by atoms with Crippen molar-refractivity contribution in [2.45, 2.75) is 26.2 Å². The molecule has 0 saturated carbocycles. The number of halogens is 1. The van der Waals surface area contributed by atoms with Crippen molar-refractivity contribution in [2.75, 3.05) is 23.7 Å². The normalized spacial score (nSPS) is 17.5. The molecule has 6 heteroatoms. The molecule has 1 atom stereocenters. The molecular weight excluding hydrogens is 273 g/mol. The SMILES string of the molecule is CC(=O)Nc1cc(NC(=O)CCC2CCNC2)ccc1F. The van der Waals surface area contributed by atoms with Crippen molar-refractivity contribution in [3.05, 3.63) is 24.0 Å². The van der Waals surface area contributed by atoms with Gasteiger partial charge in [0.05, 0.1) is 5.69 Å². The lowest BCUT2D eigenvalue weighted by atomic mass is 10.0. The van der Waals surface area contributed by atoms with E-state index in [0.717, 1.165) is 25.9 Å². The smallest absolute Gasteiger partial charge is 0.224 e. The Hall–Kier alpha value is -1.95. The molecule has 2 rings (SSSR count). The summed E-state index contributed by atoms with van der Waals surface area (Å²) in [5, 5.41) is 8.38. The van der Waals surface area contributed by atoms with E-state index in [-0.39, 0.29) is 17.5 Å². The van der Waals surface area contributed by atoms with E-state index < -0.39 is 5.82 Å². The van der Waals surface area contributed by atoms with Gasteiger partial charge in [0.2, 0.25) is 11.8 Å². The van der Waals surface area contributed by atoms with E-state index >= 15 is 0 Å². The third-order valence-electron chi connectivity index (χ3n) is 3.50. The lowest BCUT2D eigenvalue weighted by Crippen LogP contribution is -2.15. The number of anilines is 2. The lowest BCUT2D eigenvalue weighted by Gasteiger charge is -2.10. The first kappa shape index (κ1) is 15.4. The van der Waals surface area contributed by atoms with Crippen molar-refractivity contribution in [3.63, 3.8) is 0 Å². The maximum Gasteiger partial charge on any atom is 0.224 e. The van der Waals surface area contributed by atoms with Gasteiger partial charge in [0.1, 0.15) is 5.82 Å². The minimum atomic E-state index is -0.528. The van der Waals surface area contributed by atoms with E-state index in [1.54, 1.807) is 0 Å². The van der Waals surface area contributed by atoms with Gasteiger partial charge in [0.15, 0.2) is 0 Å². The average molecular weight is 293 g/mol. The van der Waals surface area contributed by atoms with E-state index in [2.05, 4.69) is 16.0 Å². The van der Waals surface area contributed by atoms with Crippen molar-refractivity contribution in [1.29, 1.82) is 0 Å². The second-order valence-corrected chi connectivity index (χ2v) is 5.32. The first-order chi connectivity index (χ1) is 10.0. The molecule has 114 valence electrons. The molecule has 1 saturated heterocycles. The summed E-state index contributed by atoms with van der Waals surface area (Å²) in [7, 11) is 0. The fourth-order valence-electron chi connectivity index (χ4n) is 2.41. The number of hydrogen-bond donors (Lipinski definition) is 3. The summed E-state index contributed by atoms with van der Waals surface area (Å²) in [6.07, 6.45) is 2.40. The maximum absolute atomic E-state index is 13.5. The van der Waals surface area contributed by atoms with Gasteiger partial charge in [-0.25, -0.2) is 4.39 Å². The highest BCUT2D eigenvalue weighted by molar-refractivity contribution is 5.93. The van der Waals surface area contributed by atoms with Crippen molar-refractivity contribution < 1.29 is 14.0 Å². The summed E-state index contributed by atoms with van der Waals surface area (Å²) >= 11 is 0. The van der Waals surface area contributed by atoms with Gasteiger partial charge < -0.3 is 16.0 Å². The molecule has 1 aromatic carbocycles. The van der Waals surface area contributed by atoms with Crippen LogP contribution in [0.3, 0.4) is 0 Å². The molecule has 1 aliphatic heterocycles. The molecule has 1 heterocycles. The van der Waals surface area contributed by atoms with Gasteiger partial charge >= 0.3 is 0 Å². The van der Waals surface area contributed by atoms with Crippen LogP contribution in [-0.4, -0.2) is 24.9 Å². The Morgan fingerprint density at radius 3 is 2.86 bits per heavy atom. The predicted molar refractivity (Wildman–Crippen MR) is 79.5 cm³/mol. The van der Waals surface area contributed by atoms with Crippen LogP contribution in [0.1, 0.15) is 26.2 Å². The van der Waals surface area contributed by atoms with Gasteiger partial charge in [0.25, 0.3) is 0 Å². The Labute approximate surface area is 123 Å². The van der Waals surface area contributed by atoms with E-state index in [9.17, 15) is 14.0 Å². The highest BCUT2D eigenvalue weighted by Crippen LogP contribution is 2.20. The monoisotopic (exact) mass is 293 g/mol. The lowest BCUT2D eigenvalue weighted by molar-refractivity contribution is -0.116. The Balaban J connectivity index is 1.89. The summed E-state index contributed by atoms with van der Waals surface area (Å²) in [5.74, 6) is -0.424. The van der Waals surface area contributed by atoms with Crippen LogP contribution in [0.15, 0.2) is 18.2 Å². The second-order valence-electron chi connectivity index (χ2n) is 5.32. The van der Waals surface area contributed by atoms with Crippen LogP contribution in [-0.2, 0) is 9.59 Å². The fraction of sp³-hybridized carbons (Fsp3) is 0.467. The second kappa shape index (κ2) is 7.17. The highest BCUT2D eigenvalue weighted by Gasteiger charge is 2.16. The van der Waals surface area contributed by atoms with Crippen molar-refractivity contribution in [2.24, 2.45) is 5.92 Å². The minimum absolute atomic E-state index is 0.0697. The van der Waals surface area contributed by atoms with Crippen molar-refractivity contribution >= 4 is 23.2 Å². The number of carbonyl (C=O) groups is 2. The predicted octanol–water partition coefficient (Wildman–Crippen LogP) is 2.11. The van der Waals surface area contributed by atoms with Gasteiger partial charge in [-0.05, 0) is 50.0 Å². The molecule has 0 aromatic heterocycles. The van der Waals surface area contributed by atoms with Crippen LogP contribution < -0.4 is 16.0 Å². The van der Waals surface area contributed by atoms with Gasteiger partial charge in [0, 0.05) is 19.0 Å². The van der Waals surface area contributed by atoms with Crippen molar-refractivity contribution in [3.8, 4) is 0 Å². The van der Waals surface area contributed by atoms with Gasteiger partial charge in [-0.3, -0.25) is 9.59 Å². The van der Waals surface area contributed by atoms with Gasteiger partial charge in [-0.2, -0.15) is 0 Å². The largest absolute Gasteiger partial charge is 0.326 e. The number of hydrogen-bond acceptors (Lipinski definition) is 3. The van der Waals surface area contributed by atoms with Crippen LogP contribution in [0.5, 0.6) is 0 Å². The van der Waals surface area contributed by atoms with Gasteiger partial charge in [-0.15, -0.1) is 0 Å². The molecule has 5 nitrogen and oxygen atoms in total. The molecular formula is C15H20FN3O2. The first-order valence-electron chi connectivity index (χ1n) is 7.12. The molecule has 1 aromatic rings. The first-order valence-corrected chi connectivity index (χ1v) is 7.12.